The average molecular weight is 320 g/mol. The van der Waals surface area contributed by atoms with Crippen molar-refractivity contribution < 1.29 is 28.7 Å². The highest BCUT2D eigenvalue weighted by molar-refractivity contribution is 6.40. The van der Waals surface area contributed by atoms with E-state index in [4.69, 9.17) is 0 Å². The van der Waals surface area contributed by atoms with Crippen LogP contribution in [-0.4, -0.2) is 44.0 Å². The van der Waals surface area contributed by atoms with Crippen LogP contribution in [-0.2, 0) is 19.1 Å². The lowest BCUT2D eigenvalue weighted by Crippen LogP contribution is -2.37. The molecule has 8 nitrogen and oxygen atoms in total. The van der Waals surface area contributed by atoms with E-state index in [0.29, 0.717) is 0 Å². The normalized spacial score (nSPS) is 13.0. The number of esters is 2. The Hall–Kier alpha value is -2.90. The first-order valence-corrected chi connectivity index (χ1v) is 6.88. The number of rotatable bonds is 4. The lowest BCUT2D eigenvalue weighted by atomic mass is 10.1. The van der Waals surface area contributed by atoms with E-state index in [1.807, 2.05) is 0 Å². The third-order valence-corrected chi connectivity index (χ3v) is 3.21. The first kappa shape index (κ1) is 16.5. The highest BCUT2D eigenvalue weighted by atomic mass is 16.5. The molecule has 1 aromatic rings. The molecule has 1 aromatic carbocycles. The third-order valence-electron chi connectivity index (χ3n) is 3.21. The molecule has 1 aliphatic carbocycles. The first-order chi connectivity index (χ1) is 11.0. The predicted molar refractivity (Wildman–Crippen MR) is 78.9 cm³/mol. The van der Waals surface area contributed by atoms with E-state index in [1.165, 1.54) is 32.4 Å². The van der Waals surface area contributed by atoms with E-state index in [2.05, 4.69) is 20.1 Å². The molecule has 122 valence electrons. The lowest BCUT2D eigenvalue weighted by Gasteiger charge is -2.11. The van der Waals surface area contributed by atoms with Crippen molar-refractivity contribution in [3.8, 4) is 0 Å². The van der Waals surface area contributed by atoms with Gasteiger partial charge in [-0.1, -0.05) is 0 Å². The fourth-order valence-corrected chi connectivity index (χ4v) is 1.84. The van der Waals surface area contributed by atoms with Crippen molar-refractivity contribution in [1.82, 2.24) is 5.32 Å². The third kappa shape index (κ3) is 4.06. The van der Waals surface area contributed by atoms with Gasteiger partial charge in [0.2, 0.25) is 0 Å². The van der Waals surface area contributed by atoms with Crippen LogP contribution in [0.1, 0.15) is 33.6 Å². The maximum absolute atomic E-state index is 11.9. The van der Waals surface area contributed by atoms with Gasteiger partial charge in [-0.25, -0.2) is 9.59 Å². The Balaban J connectivity index is 2.24. The molecule has 23 heavy (non-hydrogen) atoms. The van der Waals surface area contributed by atoms with Crippen LogP contribution < -0.4 is 10.6 Å². The number of hydrogen-bond donors (Lipinski definition) is 2. The number of carbonyl (C=O) groups excluding carboxylic acids is 4. The summed E-state index contributed by atoms with van der Waals surface area (Å²) in [5.41, 5.74) is 0.140. The van der Waals surface area contributed by atoms with Gasteiger partial charge in [0.15, 0.2) is 0 Å². The van der Waals surface area contributed by atoms with Crippen LogP contribution in [0.5, 0.6) is 0 Å². The molecule has 1 aliphatic rings. The number of hydrogen-bond acceptors (Lipinski definition) is 6. The molecule has 2 rings (SSSR count). The molecule has 0 aromatic heterocycles. The topological polar surface area (TPSA) is 111 Å². The summed E-state index contributed by atoms with van der Waals surface area (Å²) in [4.78, 5) is 46.9. The monoisotopic (exact) mass is 320 g/mol. The largest absolute Gasteiger partial charge is 0.465 e. The Morgan fingerprint density at radius 3 is 2.22 bits per heavy atom. The minimum Gasteiger partial charge on any atom is -0.465 e. The predicted octanol–water partition coefficient (Wildman–Crippen LogP) is 0.477. The molecule has 0 atom stereocenters. The minimum atomic E-state index is -0.927. The van der Waals surface area contributed by atoms with E-state index in [-0.39, 0.29) is 22.9 Å². The zero-order valence-corrected chi connectivity index (χ0v) is 12.7. The van der Waals surface area contributed by atoms with Gasteiger partial charge in [-0.3, -0.25) is 9.59 Å². The number of amides is 2. The summed E-state index contributed by atoms with van der Waals surface area (Å²) in [6.07, 6.45) is 1.68. The quantitative estimate of drug-likeness (QED) is 0.616. The average Bonchev–Trinajstić information content (AvgIpc) is 3.37. The number of benzene rings is 1. The van der Waals surface area contributed by atoms with Crippen molar-refractivity contribution in [3.05, 3.63) is 29.3 Å². The van der Waals surface area contributed by atoms with Gasteiger partial charge in [0.25, 0.3) is 0 Å². The maximum Gasteiger partial charge on any atom is 0.339 e. The Morgan fingerprint density at radius 1 is 1.00 bits per heavy atom. The van der Waals surface area contributed by atoms with E-state index >= 15 is 0 Å². The standard InChI is InChI=1S/C15H16N2O6/c1-22-14(20)8-3-6-10(15(21)23-2)11(7-8)17-13(19)12(18)16-9-4-5-9/h3,6-7,9H,4-5H2,1-2H3,(H,16,18)(H,17,19). The van der Waals surface area contributed by atoms with Gasteiger partial charge < -0.3 is 20.1 Å². The van der Waals surface area contributed by atoms with Crippen LogP contribution in [0.15, 0.2) is 18.2 Å². The molecule has 1 saturated carbocycles. The van der Waals surface area contributed by atoms with Crippen molar-refractivity contribution in [1.29, 1.82) is 0 Å². The van der Waals surface area contributed by atoms with Gasteiger partial charge in [-0.15, -0.1) is 0 Å². The number of nitrogens with one attached hydrogen (secondary N) is 2. The molecule has 2 N–H and O–H groups in total. The number of anilines is 1. The fraction of sp³-hybridized carbons (Fsp3) is 0.333. The van der Waals surface area contributed by atoms with Crippen molar-refractivity contribution in [2.75, 3.05) is 19.5 Å². The van der Waals surface area contributed by atoms with Crippen LogP contribution in [0, 0.1) is 0 Å². The highest BCUT2D eigenvalue weighted by Gasteiger charge is 2.27. The molecular formula is C15H16N2O6. The van der Waals surface area contributed by atoms with Crippen LogP contribution >= 0.6 is 0 Å². The SMILES string of the molecule is COC(=O)c1ccc(C(=O)OC)c(NC(=O)C(=O)NC2CC2)c1. The molecule has 0 saturated heterocycles. The lowest BCUT2D eigenvalue weighted by molar-refractivity contribution is -0.136. The molecule has 0 spiro atoms. The van der Waals surface area contributed by atoms with Gasteiger partial charge in [-0.05, 0) is 31.0 Å². The molecule has 8 heteroatoms. The molecule has 0 bridgehead atoms. The first-order valence-electron chi connectivity index (χ1n) is 6.88. The molecule has 2 amide bonds. The van der Waals surface area contributed by atoms with Crippen LogP contribution in [0.3, 0.4) is 0 Å². The molecule has 0 radical (unpaired) electrons. The summed E-state index contributed by atoms with van der Waals surface area (Å²) in [5.74, 6) is -3.07. The number of methoxy groups -OCH3 is 2. The Morgan fingerprint density at radius 2 is 1.65 bits per heavy atom. The van der Waals surface area contributed by atoms with Crippen molar-refractivity contribution in [2.45, 2.75) is 18.9 Å². The molecule has 0 aliphatic heterocycles. The second kappa shape index (κ2) is 6.91. The van der Waals surface area contributed by atoms with E-state index in [0.717, 1.165) is 12.8 Å². The maximum atomic E-state index is 11.9. The summed E-state index contributed by atoms with van der Waals surface area (Å²) in [7, 11) is 2.39. The summed E-state index contributed by atoms with van der Waals surface area (Å²) in [6.45, 7) is 0. The van der Waals surface area contributed by atoms with Crippen molar-refractivity contribution >= 4 is 29.4 Å². The van der Waals surface area contributed by atoms with Gasteiger partial charge in [0.1, 0.15) is 0 Å². The van der Waals surface area contributed by atoms with E-state index in [9.17, 15) is 19.2 Å². The van der Waals surface area contributed by atoms with Crippen molar-refractivity contribution in [3.63, 3.8) is 0 Å². The smallest absolute Gasteiger partial charge is 0.339 e. The van der Waals surface area contributed by atoms with Crippen LogP contribution in [0.25, 0.3) is 0 Å². The summed E-state index contributed by atoms with van der Waals surface area (Å²) >= 11 is 0. The van der Waals surface area contributed by atoms with Crippen LogP contribution in [0.2, 0.25) is 0 Å². The van der Waals surface area contributed by atoms with Crippen LogP contribution in [0.4, 0.5) is 5.69 Å². The second-order valence-corrected chi connectivity index (χ2v) is 4.95. The summed E-state index contributed by atoms with van der Waals surface area (Å²) < 4.78 is 9.20. The molecule has 0 heterocycles. The zero-order chi connectivity index (χ0) is 17.0. The summed E-state index contributed by atoms with van der Waals surface area (Å²) in [6, 6.07) is 3.94. The summed E-state index contributed by atoms with van der Waals surface area (Å²) in [5, 5.41) is 4.84. The Bertz CT molecular complexity index is 666. The van der Waals surface area contributed by atoms with Crippen molar-refractivity contribution in [2.24, 2.45) is 0 Å². The number of ether oxygens (including phenoxy) is 2. The zero-order valence-electron chi connectivity index (χ0n) is 12.7. The second-order valence-electron chi connectivity index (χ2n) is 4.95. The van der Waals surface area contributed by atoms with Gasteiger partial charge in [-0.2, -0.15) is 0 Å². The molecular weight excluding hydrogens is 304 g/mol. The van der Waals surface area contributed by atoms with Gasteiger partial charge in [0, 0.05) is 6.04 Å². The Kier molecular flexibility index (Phi) is 4.95. The minimum absolute atomic E-state index is 0.00398. The highest BCUT2D eigenvalue weighted by Crippen LogP contribution is 2.21. The van der Waals surface area contributed by atoms with E-state index in [1.54, 1.807) is 0 Å². The Labute approximate surface area is 132 Å². The molecule has 1 fully saturated rings. The number of carbonyl (C=O) groups is 4. The van der Waals surface area contributed by atoms with Gasteiger partial charge >= 0.3 is 23.8 Å². The van der Waals surface area contributed by atoms with Gasteiger partial charge in [0.05, 0.1) is 31.0 Å². The fourth-order valence-electron chi connectivity index (χ4n) is 1.84. The van der Waals surface area contributed by atoms with E-state index < -0.39 is 23.8 Å². The molecule has 0 unspecified atom stereocenters.